The number of nitrogens with one attached hydrogen (secondary N) is 2. The molecule has 0 atom stereocenters. The third-order valence-electron chi connectivity index (χ3n) is 3.26. The minimum absolute atomic E-state index is 0.0734. The molecule has 0 fully saturated rings. The van der Waals surface area contributed by atoms with Crippen LogP contribution in [0.3, 0.4) is 0 Å². The first-order valence-corrected chi connectivity index (χ1v) is 6.40. The molecule has 0 aliphatic rings. The highest BCUT2D eigenvalue weighted by Gasteiger charge is 2.06. The zero-order chi connectivity index (χ0) is 14.7. The molecular formula is C14H19N5O. The van der Waals surface area contributed by atoms with Crippen LogP contribution in [0.25, 0.3) is 0 Å². The molecule has 0 aliphatic carbocycles. The van der Waals surface area contributed by atoms with Crippen LogP contribution in [0.5, 0.6) is 0 Å². The van der Waals surface area contributed by atoms with Crippen LogP contribution in [-0.4, -0.2) is 9.97 Å². The normalized spacial score (nSPS) is 10.6. The predicted molar refractivity (Wildman–Crippen MR) is 80.4 cm³/mol. The van der Waals surface area contributed by atoms with Crippen molar-refractivity contribution in [3.05, 3.63) is 50.9 Å². The quantitative estimate of drug-likeness (QED) is 0.665. The number of H-pyrrole nitrogens is 1. The number of aryl methyl sites for hydroxylation is 2. The van der Waals surface area contributed by atoms with Gasteiger partial charge in [0.1, 0.15) is 5.69 Å². The number of rotatable bonds is 4. The Morgan fingerprint density at radius 1 is 1.30 bits per heavy atom. The topological polar surface area (TPSA) is 110 Å². The molecule has 106 valence electrons. The highest BCUT2D eigenvalue weighted by atomic mass is 16.1. The second kappa shape index (κ2) is 5.75. The SMILES string of the molecule is Cc1ccc(CNc2nc(CN)c(N)c(=O)[nH]2)cc1C. The summed E-state index contributed by atoms with van der Waals surface area (Å²) >= 11 is 0. The minimum atomic E-state index is -0.372. The molecule has 0 bridgehead atoms. The maximum absolute atomic E-state index is 11.6. The van der Waals surface area contributed by atoms with Crippen molar-refractivity contribution in [2.75, 3.05) is 11.1 Å². The van der Waals surface area contributed by atoms with E-state index in [-0.39, 0.29) is 17.8 Å². The molecule has 0 saturated carbocycles. The van der Waals surface area contributed by atoms with E-state index in [2.05, 4.69) is 41.3 Å². The monoisotopic (exact) mass is 273 g/mol. The number of nitrogens with two attached hydrogens (primary N) is 2. The molecule has 2 rings (SSSR count). The Kier molecular flexibility index (Phi) is 4.05. The Hall–Kier alpha value is -2.34. The fraction of sp³-hybridized carbons (Fsp3) is 0.286. The van der Waals surface area contributed by atoms with Crippen molar-refractivity contribution in [1.82, 2.24) is 9.97 Å². The van der Waals surface area contributed by atoms with Gasteiger partial charge in [0.15, 0.2) is 0 Å². The van der Waals surface area contributed by atoms with E-state index in [4.69, 9.17) is 11.5 Å². The number of aromatic amines is 1. The molecule has 6 heteroatoms. The number of hydrogen-bond donors (Lipinski definition) is 4. The van der Waals surface area contributed by atoms with Crippen molar-refractivity contribution < 1.29 is 0 Å². The lowest BCUT2D eigenvalue weighted by atomic mass is 10.1. The van der Waals surface area contributed by atoms with Crippen LogP contribution in [0.15, 0.2) is 23.0 Å². The van der Waals surface area contributed by atoms with Gasteiger partial charge >= 0.3 is 0 Å². The first-order chi connectivity index (χ1) is 9.51. The average Bonchev–Trinajstić information content (AvgIpc) is 2.43. The molecular weight excluding hydrogens is 254 g/mol. The fourth-order valence-electron chi connectivity index (χ4n) is 1.87. The van der Waals surface area contributed by atoms with Gasteiger partial charge in [0.2, 0.25) is 5.95 Å². The molecule has 0 aliphatic heterocycles. The lowest BCUT2D eigenvalue weighted by Gasteiger charge is -2.09. The van der Waals surface area contributed by atoms with Gasteiger partial charge in [0, 0.05) is 13.1 Å². The van der Waals surface area contributed by atoms with Gasteiger partial charge in [0.05, 0.1) is 5.69 Å². The van der Waals surface area contributed by atoms with Gasteiger partial charge in [-0.3, -0.25) is 9.78 Å². The van der Waals surface area contributed by atoms with E-state index in [0.717, 1.165) is 5.56 Å². The van der Waals surface area contributed by atoms with Gasteiger partial charge in [-0.05, 0) is 30.5 Å². The maximum atomic E-state index is 11.6. The molecule has 1 heterocycles. The largest absolute Gasteiger partial charge is 0.393 e. The van der Waals surface area contributed by atoms with Crippen molar-refractivity contribution in [1.29, 1.82) is 0 Å². The lowest BCUT2D eigenvalue weighted by Crippen LogP contribution is -2.20. The molecule has 1 aromatic carbocycles. The molecule has 6 nitrogen and oxygen atoms in total. The van der Waals surface area contributed by atoms with E-state index < -0.39 is 0 Å². The molecule has 0 radical (unpaired) electrons. The number of benzene rings is 1. The van der Waals surface area contributed by atoms with Gasteiger partial charge in [-0.15, -0.1) is 0 Å². The summed E-state index contributed by atoms with van der Waals surface area (Å²) in [7, 11) is 0. The Morgan fingerprint density at radius 3 is 2.70 bits per heavy atom. The van der Waals surface area contributed by atoms with Crippen LogP contribution in [0, 0.1) is 13.8 Å². The summed E-state index contributed by atoms with van der Waals surface area (Å²) in [5.41, 5.74) is 14.8. The van der Waals surface area contributed by atoms with E-state index in [0.29, 0.717) is 18.2 Å². The third kappa shape index (κ3) is 2.97. The Morgan fingerprint density at radius 2 is 2.05 bits per heavy atom. The third-order valence-corrected chi connectivity index (χ3v) is 3.26. The number of aromatic nitrogens is 2. The summed E-state index contributed by atoms with van der Waals surface area (Å²) in [6.45, 7) is 4.83. The average molecular weight is 273 g/mol. The first-order valence-electron chi connectivity index (χ1n) is 6.40. The van der Waals surface area contributed by atoms with E-state index in [1.165, 1.54) is 11.1 Å². The number of nitrogens with zero attached hydrogens (tertiary/aromatic N) is 1. The van der Waals surface area contributed by atoms with Gasteiger partial charge in [-0.2, -0.15) is 0 Å². The molecule has 0 unspecified atom stereocenters. The predicted octanol–water partition coefficient (Wildman–Crippen LogP) is 1.04. The van der Waals surface area contributed by atoms with Gasteiger partial charge in [-0.1, -0.05) is 18.2 Å². The summed E-state index contributed by atoms with van der Waals surface area (Å²) in [6, 6.07) is 6.20. The Labute approximate surface area is 117 Å². The van der Waals surface area contributed by atoms with Crippen molar-refractivity contribution in [3.63, 3.8) is 0 Å². The Balaban J connectivity index is 2.16. The molecule has 0 saturated heterocycles. The number of hydrogen-bond acceptors (Lipinski definition) is 5. The van der Waals surface area contributed by atoms with Crippen LogP contribution >= 0.6 is 0 Å². The van der Waals surface area contributed by atoms with Crippen LogP contribution in [-0.2, 0) is 13.1 Å². The summed E-state index contributed by atoms with van der Waals surface area (Å²) in [5.74, 6) is 0.378. The van der Waals surface area contributed by atoms with E-state index in [1.54, 1.807) is 0 Å². The summed E-state index contributed by atoms with van der Waals surface area (Å²) in [4.78, 5) is 18.4. The van der Waals surface area contributed by atoms with Crippen molar-refractivity contribution in [2.24, 2.45) is 5.73 Å². The second-order valence-corrected chi connectivity index (χ2v) is 4.75. The summed E-state index contributed by atoms with van der Waals surface area (Å²) < 4.78 is 0. The van der Waals surface area contributed by atoms with E-state index in [1.807, 2.05) is 6.07 Å². The van der Waals surface area contributed by atoms with Gasteiger partial charge < -0.3 is 16.8 Å². The zero-order valence-corrected chi connectivity index (χ0v) is 11.7. The standard InChI is InChI=1S/C14H19N5O/c1-8-3-4-10(5-9(8)2)7-17-14-18-11(6-15)12(16)13(20)19-14/h3-5H,6-7,15-16H2,1-2H3,(H2,17,18,19,20). The fourth-order valence-corrected chi connectivity index (χ4v) is 1.87. The van der Waals surface area contributed by atoms with Crippen molar-refractivity contribution >= 4 is 11.6 Å². The van der Waals surface area contributed by atoms with Crippen LogP contribution in [0.2, 0.25) is 0 Å². The lowest BCUT2D eigenvalue weighted by molar-refractivity contribution is 0.942. The van der Waals surface area contributed by atoms with Crippen LogP contribution in [0.4, 0.5) is 11.6 Å². The highest BCUT2D eigenvalue weighted by molar-refractivity contribution is 5.44. The number of nitrogen functional groups attached to an aromatic ring is 1. The van der Waals surface area contributed by atoms with Crippen molar-refractivity contribution in [3.8, 4) is 0 Å². The van der Waals surface area contributed by atoms with Crippen LogP contribution in [0.1, 0.15) is 22.4 Å². The van der Waals surface area contributed by atoms with E-state index >= 15 is 0 Å². The second-order valence-electron chi connectivity index (χ2n) is 4.75. The molecule has 2 aromatic rings. The van der Waals surface area contributed by atoms with Gasteiger partial charge in [-0.25, -0.2) is 4.98 Å². The van der Waals surface area contributed by atoms with Gasteiger partial charge in [0.25, 0.3) is 5.56 Å². The molecule has 0 amide bonds. The molecule has 20 heavy (non-hydrogen) atoms. The zero-order valence-electron chi connectivity index (χ0n) is 11.7. The molecule has 0 spiro atoms. The first kappa shape index (κ1) is 14.1. The maximum Gasteiger partial charge on any atom is 0.275 e. The van der Waals surface area contributed by atoms with Crippen molar-refractivity contribution in [2.45, 2.75) is 26.9 Å². The summed E-state index contributed by atoms with van der Waals surface area (Å²) in [6.07, 6.45) is 0. The summed E-state index contributed by atoms with van der Waals surface area (Å²) in [5, 5.41) is 3.07. The number of anilines is 2. The molecule has 1 aromatic heterocycles. The van der Waals surface area contributed by atoms with Crippen LogP contribution < -0.4 is 22.3 Å². The van der Waals surface area contributed by atoms with E-state index in [9.17, 15) is 4.79 Å². The minimum Gasteiger partial charge on any atom is -0.393 e. The Bertz CT molecular complexity index is 678. The highest BCUT2D eigenvalue weighted by Crippen LogP contribution is 2.11. The molecule has 6 N–H and O–H groups in total. The smallest absolute Gasteiger partial charge is 0.275 e.